The van der Waals surface area contributed by atoms with E-state index in [0.717, 1.165) is 47.3 Å². The van der Waals surface area contributed by atoms with Crippen molar-refractivity contribution in [1.29, 1.82) is 0 Å². The highest BCUT2D eigenvalue weighted by atomic mass is 16.5. The molecule has 0 aliphatic heterocycles. The van der Waals surface area contributed by atoms with E-state index in [4.69, 9.17) is 9.84 Å². The Morgan fingerprint density at radius 3 is 2.42 bits per heavy atom. The van der Waals surface area contributed by atoms with E-state index in [-0.39, 0.29) is 0 Å². The number of nitrogens with one attached hydrogen (secondary N) is 1. The number of hydrogen-bond donors (Lipinski definition) is 3. The maximum absolute atomic E-state index is 11.6. The van der Waals surface area contributed by atoms with Crippen LogP contribution in [0.4, 0.5) is 5.69 Å². The SMILES string of the molecule is Cc1cc(NC(=O)CC(=O)O)cc(C)c1Oc1ccc(O)c2c1CCC2. The Morgan fingerprint density at radius 2 is 1.77 bits per heavy atom. The van der Waals surface area contributed by atoms with Gasteiger partial charge in [-0.05, 0) is 68.5 Å². The quantitative estimate of drug-likeness (QED) is 0.711. The summed E-state index contributed by atoms with van der Waals surface area (Å²) < 4.78 is 6.14. The van der Waals surface area contributed by atoms with Crippen LogP contribution in [0.2, 0.25) is 0 Å². The van der Waals surface area contributed by atoms with Crippen molar-refractivity contribution in [3.63, 3.8) is 0 Å². The number of amides is 1. The van der Waals surface area contributed by atoms with E-state index in [1.807, 2.05) is 13.8 Å². The minimum atomic E-state index is -1.17. The number of phenolic OH excluding ortho intramolecular Hbond substituents is 1. The maximum Gasteiger partial charge on any atom is 0.312 e. The number of aliphatic carboxylic acids is 1. The minimum Gasteiger partial charge on any atom is -0.508 e. The minimum absolute atomic E-state index is 0.315. The van der Waals surface area contributed by atoms with Gasteiger partial charge < -0.3 is 20.3 Å². The molecule has 26 heavy (non-hydrogen) atoms. The Morgan fingerprint density at radius 1 is 1.12 bits per heavy atom. The van der Waals surface area contributed by atoms with Gasteiger partial charge in [-0.25, -0.2) is 0 Å². The van der Waals surface area contributed by atoms with E-state index in [2.05, 4.69) is 5.32 Å². The average Bonchev–Trinajstić information content (AvgIpc) is 3.02. The molecule has 0 aromatic heterocycles. The summed E-state index contributed by atoms with van der Waals surface area (Å²) in [6, 6.07) is 6.94. The summed E-state index contributed by atoms with van der Waals surface area (Å²) in [7, 11) is 0. The van der Waals surface area contributed by atoms with Gasteiger partial charge in [0.1, 0.15) is 23.7 Å². The van der Waals surface area contributed by atoms with E-state index in [0.29, 0.717) is 17.2 Å². The van der Waals surface area contributed by atoms with Crippen LogP contribution in [0.1, 0.15) is 35.1 Å². The molecule has 0 saturated carbocycles. The van der Waals surface area contributed by atoms with Gasteiger partial charge in [0.2, 0.25) is 5.91 Å². The summed E-state index contributed by atoms with van der Waals surface area (Å²) >= 11 is 0. The van der Waals surface area contributed by atoms with E-state index >= 15 is 0 Å². The Kier molecular flexibility index (Phi) is 4.84. The van der Waals surface area contributed by atoms with Gasteiger partial charge >= 0.3 is 5.97 Å². The molecule has 6 nitrogen and oxygen atoms in total. The molecule has 3 N–H and O–H groups in total. The molecular formula is C20H21NO5. The lowest BCUT2D eigenvalue weighted by molar-refractivity contribution is -0.139. The smallest absolute Gasteiger partial charge is 0.312 e. The van der Waals surface area contributed by atoms with Gasteiger partial charge in [-0.3, -0.25) is 9.59 Å². The molecule has 2 aromatic carbocycles. The molecule has 0 bridgehead atoms. The fourth-order valence-electron chi connectivity index (χ4n) is 3.39. The van der Waals surface area contributed by atoms with Crippen LogP contribution in [0.15, 0.2) is 24.3 Å². The third-order valence-electron chi connectivity index (χ3n) is 4.48. The van der Waals surface area contributed by atoms with Crippen molar-refractivity contribution in [1.82, 2.24) is 0 Å². The fourth-order valence-corrected chi connectivity index (χ4v) is 3.39. The largest absolute Gasteiger partial charge is 0.508 e. The number of rotatable bonds is 5. The van der Waals surface area contributed by atoms with Gasteiger partial charge in [0, 0.05) is 16.8 Å². The number of ether oxygens (including phenoxy) is 1. The van der Waals surface area contributed by atoms with Gasteiger partial charge in [0.15, 0.2) is 0 Å². The lowest BCUT2D eigenvalue weighted by atomic mass is 10.1. The van der Waals surface area contributed by atoms with Gasteiger partial charge in [-0.15, -0.1) is 0 Å². The molecule has 6 heteroatoms. The highest BCUT2D eigenvalue weighted by molar-refractivity contribution is 6.01. The lowest BCUT2D eigenvalue weighted by Gasteiger charge is -2.17. The number of aryl methyl sites for hydroxylation is 2. The molecule has 0 spiro atoms. The Hall–Kier alpha value is -3.02. The highest BCUT2D eigenvalue weighted by Gasteiger charge is 2.21. The van der Waals surface area contributed by atoms with E-state index in [1.165, 1.54) is 0 Å². The summed E-state index contributed by atoms with van der Waals surface area (Å²) in [5.41, 5.74) is 4.19. The molecule has 1 aliphatic rings. The van der Waals surface area contributed by atoms with Crippen molar-refractivity contribution in [3.8, 4) is 17.2 Å². The van der Waals surface area contributed by atoms with E-state index in [9.17, 15) is 14.7 Å². The van der Waals surface area contributed by atoms with Crippen LogP contribution in [0.5, 0.6) is 17.2 Å². The van der Waals surface area contributed by atoms with Crippen LogP contribution in [0.3, 0.4) is 0 Å². The zero-order valence-corrected chi connectivity index (χ0v) is 14.8. The van der Waals surface area contributed by atoms with Crippen LogP contribution in [-0.4, -0.2) is 22.1 Å². The number of benzene rings is 2. The number of aromatic hydroxyl groups is 1. The first-order chi connectivity index (χ1) is 12.3. The molecule has 0 fully saturated rings. The number of anilines is 1. The summed E-state index contributed by atoms with van der Waals surface area (Å²) in [6.45, 7) is 3.74. The predicted molar refractivity (Wildman–Crippen MR) is 97.0 cm³/mol. The molecule has 0 unspecified atom stereocenters. The number of carboxylic acid groups (broad SMARTS) is 1. The van der Waals surface area contributed by atoms with E-state index < -0.39 is 18.3 Å². The Bertz CT molecular complexity index is 865. The Balaban J connectivity index is 1.85. The zero-order chi connectivity index (χ0) is 18.8. The third kappa shape index (κ3) is 3.64. The molecule has 2 aromatic rings. The summed E-state index contributed by atoms with van der Waals surface area (Å²) in [6.07, 6.45) is 2.15. The standard InChI is InChI=1S/C20H21NO5/c1-11-8-13(21-18(23)10-19(24)25)9-12(2)20(11)26-17-7-6-16(22)14-4-3-5-15(14)17/h6-9,22H,3-5,10H2,1-2H3,(H,21,23)(H,24,25). The second kappa shape index (κ2) is 7.07. The van der Waals surface area contributed by atoms with Gasteiger partial charge in [-0.1, -0.05) is 0 Å². The number of carbonyl (C=O) groups is 2. The number of carboxylic acids is 1. The fraction of sp³-hybridized carbons (Fsp3) is 0.300. The predicted octanol–water partition coefficient (Wildman–Crippen LogP) is 3.70. The van der Waals surface area contributed by atoms with Crippen molar-refractivity contribution in [2.45, 2.75) is 39.5 Å². The highest BCUT2D eigenvalue weighted by Crippen LogP contribution is 2.40. The van der Waals surface area contributed by atoms with Crippen LogP contribution >= 0.6 is 0 Å². The molecule has 3 rings (SSSR count). The summed E-state index contributed by atoms with van der Waals surface area (Å²) in [4.78, 5) is 22.2. The second-order valence-corrected chi connectivity index (χ2v) is 6.55. The zero-order valence-electron chi connectivity index (χ0n) is 14.8. The molecule has 1 aliphatic carbocycles. The van der Waals surface area contributed by atoms with E-state index in [1.54, 1.807) is 24.3 Å². The number of fused-ring (bicyclic) bond motifs is 1. The first-order valence-electron chi connectivity index (χ1n) is 8.49. The number of carbonyl (C=O) groups excluding carboxylic acids is 1. The summed E-state index contributed by atoms with van der Waals surface area (Å²) in [5, 5.41) is 21.2. The third-order valence-corrected chi connectivity index (χ3v) is 4.48. The molecular weight excluding hydrogens is 334 g/mol. The van der Waals surface area contributed by atoms with Gasteiger partial charge in [0.25, 0.3) is 0 Å². The van der Waals surface area contributed by atoms with Crippen LogP contribution in [0.25, 0.3) is 0 Å². The van der Waals surface area contributed by atoms with Gasteiger partial charge in [0.05, 0.1) is 0 Å². The molecule has 0 saturated heterocycles. The van der Waals surface area contributed by atoms with Crippen molar-refractivity contribution in [3.05, 3.63) is 46.5 Å². The molecule has 1 amide bonds. The Labute approximate surface area is 151 Å². The van der Waals surface area contributed by atoms with Crippen LogP contribution < -0.4 is 10.1 Å². The summed E-state index contributed by atoms with van der Waals surface area (Å²) in [5.74, 6) is 0.0124. The van der Waals surface area contributed by atoms with Crippen LogP contribution in [0, 0.1) is 13.8 Å². The molecule has 136 valence electrons. The number of phenols is 1. The number of hydrogen-bond acceptors (Lipinski definition) is 4. The first kappa shape index (κ1) is 17.8. The molecule has 0 heterocycles. The first-order valence-corrected chi connectivity index (χ1v) is 8.49. The second-order valence-electron chi connectivity index (χ2n) is 6.55. The van der Waals surface area contributed by atoms with Gasteiger partial charge in [-0.2, -0.15) is 0 Å². The molecule has 0 radical (unpaired) electrons. The van der Waals surface area contributed by atoms with Crippen molar-refractivity contribution in [2.75, 3.05) is 5.32 Å². The van der Waals surface area contributed by atoms with Crippen molar-refractivity contribution < 1.29 is 24.5 Å². The average molecular weight is 355 g/mol. The van der Waals surface area contributed by atoms with Crippen LogP contribution in [-0.2, 0) is 22.4 Å². The lowest BCUT2D eigenvalue weighted by Crippen LogP contribution is -2.16. The van der Waals surface area contributed by atoms with Crippen molar-refractivity contribution >= 4 is 17.6 Å². The van der Waals surface area contributed by atoms with Crippen molar-refractivity contribution in [2.24, 2.45) is 0 Å². The topological polar surface area (TPSA) is 95.9 Å². The monoisotopic (exact) mass is 355 g/mol. The maximum atomic E-state index is 11.6. The molecule has 0 atom stereocenters. The normalized spacial score (nSPS) is 12.5.